The van der Waals surface area contributed by atoms with E-state index in [1.165, 1.54) is 0 Å². The minimum absolute atomic E-state index is 0. The first kappa shape index (κ1) is 11.8. The molecule has 0 aliphatic rings. The van der Waals surface area contributed by atoms with Crippen LogP contribution in [0.25, 0.3) is 0 Å². The summed E-state index contributed by atoms with van der Waals surface area (Å²) in [4.78, 5) is 0. The average molecular weight is 163 g/mol. The first-order valence-electron chi connectivity index (χ1n) is 2.67. The lowest BCUT2D eigenvalue weighted by Gasteiger charge is -1.93. The fourth-order valence-electron chi connectivity index (χ4n) is 0.292. The monoisotopic (exact) mass is 162 g/mol. The van der Waals surface area contributed by atoms with Gasteiger partial charge in [-0.1, -0.05) is 0 Å². The van der Waals surface area contributed by atoms with Gasteiger partial charge in [0, 0.05) is 6.54 Å². The van der Waals surface area contributed by atoms with E-state index in [4.69, 9.17) is 11.0 Å². The van der Waals surface area contributed by atoms with E-state index in [0.717, 1.165) is 0 Å². The molecule has 58 valence electrons. The molecule has 0 aliphatic carbocycles. The van der Waals surface area contributed by atoms with Crippen LogP contribution in [0.15, 0.2) is 5.10 Å². The van der Waals surface area contributed by atoms with E-state index >= 15 is 0 Å². The predicted molar refractivity (Wildman–Crippen MR) is 42.8 cm³/mol. The molecule has 0 aromatic carbocycles. The van der Waals surface area contributed by atoms with E-state index in [9.17, 15) is 0 Å². The number of nitrogens with zero attached hydrogens (tertiary/aromatic N) is 2. The number of nitrogens with two attached hydrogens (primary N) is 1. The lowest BCUT2D eigenvalue weighted by Crippen LogP contribution is -2.14. The Bertz CT molecular complexity index is 133. The number of rotatable bonds is 3. The van der Waals surface area contributed by atoms with Gasteiger partial charge < -0.3 is 11.2 Å². The van der Waals surface area contributed by atoms with Crippen molar-refractivity contribution in [3.05, 3.63) is 0 Å². The summed E-state index contributed by atoms with van der Waals surface area (Å²) in [7, 11) is 0. The van der Waals surface area contributed by atoms with Crippen LogP contribution in [-0.4, -0.2) is 12.4 Å². The molecule has 0 aromatic heterocycles. The Morgan fingerprint density at radius 2 is 2.40 bits per heavy atom. The predicted octanol–water partition coefficient (Wildman–Crippen LogP) is 0.204. The van der Waals surface area contributed by atoms with Gasteiger partial charge in [-0.15, -0.1) is 12.4 Å². The van der Waals surface area contributed by atoms with Crippen molar-refractivity contribution in [1.82, 2.24) is 5.43 Å². The summed E-state index contributed by atoms with van der Waals surface area (Å²) in [5.74, 6) is 0.480. The molecule has 0 amide bonds. The van der Waals surface area contributed by atoms with Crippen molar-refractivity contribution in [2.45, 2.75) is 13.3 Å². The van der Waals surface area contributed by atoms with E-state index in [2.05, 4.69) is 10.5 Å². The van der Waals surface area contributed by atoms with Crippen LogP contribution in [0.1, 0.15) is 13.3 Å². The number of nitrogens with one attached hydrogen (secondary N) is 1. The number of hydrazone groups is 1. The quantitative estimate of drug-likeness (QED) is 0.270. The minimum Gasteiger partial charge on any atom is -0.386 e. The molecule has 0 radical (unpaired) electrons. The molecule has 0 bridgehead atoms. The topological polar surface area (TPSA) is 74.2 Å². The Labute approximate surface area is 66.5 Å². The summed E-state index contributed by atoms with van der Waals surface area (Å²) in [6, 6.07) is 1.97. The van der Waals surface area contributed by atoms with Crippen LogP contribution in [0, 0.1) is 11.3 Å². The van der Waals surface area contributed by atoms with Gasteiger partial charge in [-0.3, -0.25) is 0 Å². The van der Waals surface area contributed by atoms with E-state index in [1.54, 1.807) is 6.92 Å². The molecule has 0 aromatic rings. The Hall–Kier alpha value is -0.950. The molecular formula is C5H11ClN4. The SMILES string of the molecule is CC(N)=NNCCC#N.Cl. The van der Waals surface area contributed by atoms with E-state index in [-0.39, 0.29) is 12.4 Å². The van der Waals surface area contributed by atoms with Gasteiger partial charge in [0.25, 0.3) is 0 Å². The van der Waals surface area contributed by atoms with Crippen molar-refractivity contribution in [2.24, 2.45) is 10.8 Å². The summed E-state index contributed by atoms with van der Waals surface area (Å²) in [5, 5.41) is 11.7. The molecule has 0 saturated heterocycles. The fraction of sp³-hybridized carbons (Fsp3) is 0.600. The van der Waals surface area contributed by atoms with Gasteiger partial charge in [-0.05, 0) is 6.92 Å². The highest BCUT2D eigenvalue weighted by Crippen LogP contribution is 1.69. The van der Waals surface area contributed by atoms with Gasteiger partial charge in [0.05, 0.1) is 12.5 Å². The normalized spacial score (nSPS) is 9.40. The molecule has 0 atom stereocenters. The molecule has 0 heterocycles. The molecule has 0 saturated carbocycles. The third-order valence-electron chi connectivity index (χ3n) is 0.604. The molecule has 0 rings (SSSR count). The van der Waals surface area contributed by atoms with Crippen LogP contribution in [0.5, 0.6) is 0 Å². The van der Waals surface area contributed by atoms with Crippen LogP contribution >= 0.6 is 12.4 Å². The van der Waals surface area contributed by atoms with Crippen LogP contribution in [0.3, 0.4) is 0 Å². The van der Waals surface area contributed by atoms with Crippen molar-refractivity contribution < 1.29 is 0 Å². The summed E-state index contributed by atoms with van der Waals surface area (Å²) < 4.78 is 0. The van der Waals surface area contributed by atoms with Crippen LogP contribution in [-0.2, 0) is 0 Å². The van der Waals surface area contributed by atoms with E-state index in [1.807, 2.05) is 6.07 Å². The molecule has 5 heteroatoms. The zero-order valence-corrected chi connectivity index (χ0v) is 6.61. The fourth-order valence-corrected chi connectivity index (χ4v) is 0.292. The van der Waals surface area contributed by atoms with Crippen molar-refractivity contribution in [3.63, 3.8) is 0 Å². The highest BCUT2D eigenvalue weighted by Gasteiger charge is 1.79. The van der Waals surface area contributed by atoms with Gasteiger partial charge in [0.15, 0.2) is 0 Å². The first-order chi connectivity index (χ1) is 4.27. The molecule has 10 heavy (non-hydrogen) atoms. The molecular weight excluding hydrogens is 152 g/mol. The van der Waals surface area contributed by atoms with E-state index in [0.29, 0.717) is 18.8 Å². The summed E-state index contributed by atoms with van der Waals surface area (Å²) in [5.41, 5.74) is 7.81. The third-order valence-corrected chi connectivity index (χ3v) is 0.604. The van der Waals surface area contributed by atoms with Crippen LogP contribution in [0.4, 0.5) is 0 Å². The summed E-state index contributed by atoms with van der Waals surface area (Å²) in [6.45, 7) is 2.24. The van der Waals surface area contributed by atoms with Crippen molar-refractivity contribution in [2.75, 3.05) is 6.54 Å². The minimum atomic E-state index is 0. The standard InChI is InChI=1S/C5H10N4.ClH/c1-5(7)9-8-4-2-3-6;/h8H,2,4H2,1H3,(H2,7,9);1H. The molecule has 0 fully saturated rings. The number of amidine groups is 1. The number of hydrogen-bond donors (Lipinski definition) is 2. The molecule has 0 unspecified atom stereocenters. The van der Waals surface area contributed by atoms with Gasteiger partial charge in [-0.25, -0.2) is 0 Å². The lowest BCUT2D eigenvalue weighted by molar-refractivity contribution is 0.744. The Morgan fingerprint density at radius 3 is 2.80 bits per heavy atom. The summed E-state index contributed by atoms with van der Waals surface area (Å²) >= 11 is 0. The zero-order chi connectivity index (χ0) is 7.11. The van der Waals surface area contributed by atoms with Crippen LogP contribution < -0.4 is 11.2 Å². The van der Waals surface area contributed by atoms with E-state index < -0.39 is 0 Å². The molecule has 4 nitrogen and oxygen atoms in total. The summed E-state index contributed by atoms with van der Waals surface area (Å²) in [6.07, 6.45) is 0.455. The lowest BCUT2D eigenvalue weighted by atomic mass is 10.5. The highest BCUT2D eigenvalue weighted by molar-refractivity contribution is 5.85. The van der Waals surface area contributed by atoms with Gasteiger partial charge >= 0.3 is 0 Å². The second-order valence-electron chi connectivity index (χ2n) is 1.57. The highest BCUT2D eigenvalue weighted by atomic mass is 35.5. The first-order valence-corrected chi connectivity index (χ1v) is 2.67. The van der Waals surface area contributed by atoms with Gasteiger partial charge in [0.1, 0.15) is 5.84 Å². The Balaban J connectivity index is 0. The maximum atomic E-state index is 8.06. The second-order valence-corrected chi connectivity index (χ2v) is 1.57. The zero-order valence-electron chi connectivity index (χ0n) is 5.79. The van der Waals surface area contributed by atoms with Gasteiger partial charge in [0.2, 0.25) is 0 Å². The molecule has 0 aliphatic heterocycles. The maximum Gasteiger partial charge on any atom is 0.116 e. The Morgan fingerprint density at radius 1 is 1.80 bits per heavy atom. The van der Waals surface area contributed by atoms with Crippen molar-refractivity contribution in [1.29, 1.82) is 5.26 Å². The second kappa shape index (κ2) is 8.05. The van der Waals surface area contributed by atoms with Crippen LogP contribution in [0.2, 0.25) is 0 Å². The van der Waals surface area contributed by atoms with Crippen molar-refractivity contribution in [3.8, 4) is 6.07 Å². The van der Waals surface area contributed by atoms with Gasteiger partial charge in [-0.2, -0.15) is 10.4 Å². The molecule has 0 spiro atoms. The number of nitriles is 1. The largest absolute Gasteiger partial charge is 0.386 e. The smallest absolute Gasteiger partial charge is 0.116 e. The molecule has 3 N–H and O–H groups in total. The van der Waals surface area contributed by atoms with Crippen molar-refractivity contribution >= 4 is 18.2 Å². The maximum absolute atomic E-state index is 8.06. The average Bonchev–Trinajstić information content (AvgIpc) is 1.80. The third kappa shape index (κ3) is 10.1. The number of halogens is 1. The Kier molecular flexibility index (Phi) is 9.50. The number of hydrogen-bond acceptors (Lipinski definition) is 3.